The molecule has 1 amide bonds. The van der Waals surface area contributed by atoms with E-state index in [1.807, 2.05) is 16.9 Å². The summed E-state index contributed by atoms with van der Waals surface area (Å²) < 4.78 is 1.94. The zero-order valence-corrected chi connectivity index (χ0v) is 15.5. The molecule has 0 aliphatic carbocycles. The lowest BCUT2D eigenvalue weighted by Gasteiger charge is -2.30. The summed E-state index contributed by atoms with van der Waals surface area (Å²) in [6.45, 7) is 8.74. The molecule has 2 fully saturated rings. The number of carbonyl (C=O) groups excluding carboxylic acids is 1. The Morgan fingerprint density at radius 3 is 2.92 bits per heavy atom. The average molecular weight is 348 g/mol. The number of carbonyl (C=O) groups is 1. The summed E-state index contributed by atoms with van der Waals surface area (Å²) in [5.74, 6) is 0.842. The monoisotopic (exact) mass is 347 g/mol. The van der Waals surface area contributed by atoms with Gasteiger partial charge in [0.1, 0.15) is 5.69 Å². The second-order valence-corrected chi connectivity index (χ2v) is 7.67. The molecule has 1 aromatic rings. The highest BCUT2D eigenvalue weighted by Gasteiger charge is 2.18. The van der Waals surface area contributed by atoms with E-state index in [-0.39, 0.29) is 5.91 Å². The summed E-state index contributed by atoms with van der Waals surface area (Å²) in [6, 6.07) is 2.21. The Bertz CT molecular complexity index is 530. The van der Waals surface area contributed by atoms with Crippen LogP contribution in [0.25, 0.3) is 0 Å². The lowest BCUT2D eigenvalue weighted by Crippen LogP contribution is -2.34. The van der Waals surface area contributed by atoms with Crippen molar-refractivity contribution < 1.29 is 4.79 Å². The molecular weight excluding hydrogens is 314 g/mol. The SMILES string of the molecule is CC1CCN(CCCCNC(=O)c2ccn(C3CCCNC3)n2)CC1. The Kier molecular flexibility index (Phi) is 6.87. The quantitative estimate of drug-likeness (QED) is 0.741. The number of hydrogen-bond acceptors (Lipinski definition) is 4. The van der Waals surface area contributed by atoms with Gasteiger partial charge in [-0.3, -0.25) is 9.48 Å². The Balaban J connectivity index is 1.32. The van der Waals surface area contributed by atoms with Crippen LogP contribution in [0, 0.1) is 5.92 Å². The Labute approximate surface area is 151 Å². The molecule has 0 saturated carbocycles. The van der Waals surface area contributed by atoms with E-state index in [0.29, 0.717) is 11.7 Å². The van der Waals surface area contributed by atoms with Crippen LogP contribution >= 0.6 is 0 Å². The molecule has 0 spiro atoms. The van der Waals surface area contributed by atoms with E-state index in [2.05, 4.69) is 27.6 Å². The van der Waals surface area contributed by atoms with E-state index in [0.717, 1.165) is 51.4 Å². The van der Waals surface area contributed by atoms with Gasteiger partial charge in [-0.25, -0.2) is 0 Å². The molecule has 1 aromatic heterocycles. The van der Waals surface area contributed by atoms with E-state index in [4.69, 9.17) is 0 Å². The lowest BCUT2D eigenvalue weighted by molar-refractivity contribution is 0.0946. The number of unbranched alkanes of at least 4 members (excludes halogenated alkanes) is 1. The van der Waals surface area contributed by atoms with Crippen LogP contribution in [0.2, 0.25) is 0 Å². The van der Waals surface area contributed by atoms with E-state index >= 15 is 0 Å². The number of nitrogens with one attached hydrogen (secondary N) is 2. The van der Waals surface area contributed by atoms with Crippen molar-refractivity contribution in [3.8, 4) is 0 Å². The van der Waals surface area contributed by atoms with E-state index in [1.54, 1.807) is 0 Å². The fourth-order valence-corrected chi connectivity index (χ4v) is 3.76. The summed E-state index contributed by atoms with van der Waals surface area (Å²) >= 11 is 0. The fraction of sp³-hybridized carbons (Fsp3) is 0.789. The minimum atomic E-state index is -0.0469. The molecule has 0 aromatic carbocycles. The summed E-state index contributed by atoms with van der Waals surface area (Å²) in [4.78, 5) is 14.8. The molecule has 3 rings (SSSR count). The van der Waals surface area contributed by atoms with Crippen molar-refractivity contribution in [1.29, 1.82) is 0 Å². The highest BCUT2D eigenvalue weighted by Crippen LogP contribution is 2.16. The topological polar surface area (TPSA) is 62.2 Å². The van der Waals surface area contributed by atoms with Gasteiger partial charge in [0.05, 0.1) is 6.04 Å². The number of amides is 1. The molecule has 6 nitrogen and oxygen atoms in total. The molecule has 140 valence electrons. The van der Waals surface area contributed by atoms with Crippen molar-refractivity contribution in [3.05, 3.63) is 18.0 Å². The molecule has 1 unspecified atom stereocenters. The molecule has 0 bridgehead atoms. The number of aromatic nitrogens is 2. The van der Waals surface area contributed by atoms with Gasteiger partial charge in [-0.15, -0.1) is 0 Å². The van der Waals surface area contributed by atoms with Crippen molar-refractivity contribution in [1.82, 2.24) is 25.3 Å². The van der Waals surface area contributed by atoms with Gasteiger partial charge in [0.15, 0.2) is 0 Å². The summed E-state index contributed by atoms with van der Waals surface area (Å²) in [5.41, 5.74) is 0.538. The van der Waals surface area contributed by atoms with Gasteiger partial charge < -0.3 is 15.5 Å². The Morgan fingerprint density at radius 2 is 2.16 bits per heavy atom. The van der Waals surface area contributed by atoms with Crippen molar-refractivity contribution in [2.24, 2.45) is 5.92 Å². The number of likely N-dealkylation sites (tertiary alicyclic amines) is 1. The molecule has 1 atom stereocenters. The third-order valence-corrected chi connectivity index (χ3v) is 5.55. The fourth-order valence-electron chi connectivity index (χ4n) is 3.76. The van der Waals surface area contributed by atoms with Gasteiger partial charge in [0, 0.05) is 19.3 Å². The van der Waals surface area contributed by atoms with Crippen LogP contribution in [0.4, 0.5) is 0 Å². The number of rotatable bonds is 7. The Morgan fingerprint density at radius 1 is 1.32 bits per heavy atom. The molecule has 0 radical (unpaired) electrons. The first-order valence-electron chi connectivity index (χ1n) is 9.99. The maximum atomic E-state index is 12.2. The second kappa shape index (κ2) is 9.34. The molecular formula is C19H33N5O. The van der Waals surface area contributed by atoms with Gasteiger partial charge >= 0.3 is 0 Å². The predicted molar refractivity (Wildman–Crippen MR) is 99.8 cm³/mol. The van der Waals surface area contributed by atoms with Crippen LogP contribution < -0.4 is 10.6 Å². The highest BCUT2D eigenvalue weighted by molar-refractivity contribution is 5.92. The number of piperidine rings is 2. The zero-order chi connectivity index (χ0) is 17.5. The molecule has 2 N–H and O–H groups in total. The van der Waals surface area contributed by atoms with Crippen molar-refractivity contribution in [2.75, 3.05) is 39.3 Å². The van der Waals surface area contributed by atoms with Crippen LogP contribution in [-0.4, -0.2) is 59.9 Å². The first-order valence-corrected chi connectivity index (χ1v) is 9.99. The summed E-state index contributed by atoms with van der Waals surface area (Å²) in [5, 5.41) is 10.9. The van der Waals surface area contributed by atoms with Crippen molar-refractivity contribution >= 4 is 5.91 Å². The maximum Gasteiger partial charge on any atom is 0.271 e. The van der Waals surface area contributed by atoms with Crippen LogP contribution in [0.5, 0.6) is 0 Å². The normalized spacial score (nSPS) is 22.8. The first kappa shape index (κ1) is 18.4. The van der Waals surface area contributed by atoms with E-state index < -0.39 is 0 Å². The van der Waals surface area contributed by atoms with Crippen LogP contribution in [0.1, 0.15) is 62.0 Å². The molecule has 25 heavy (non-hydrogen) atoms. The predicted octanol–water partition coefficient (Wildman–Crippen LogP) is 2.05. The smallest absolute Gasteiger partial charge is 0.271 e. The standard InChI is InChI=1S/C19H33N5O/c1-16-6-12-23(13-7-16)11-3-2-10-21-19(25)18-8-14-24(22-18)17-5-4-9-20-15-17/h8,14,16-17,20H,2-7,9-13,15H2,1H3,(H,21,25). The second-order valence-electron chi connectivity index (χ2n) is 7.67. The van der Waals surface area contributed by atoms with Gasteiger partial charge in [0.2, 0.25) is 0 Å². The van der Waals surface area contributed by atoms with Crippen LogP contribution in [0.15, 0.2) is 12.3 Å². The minimum Gasteiger partial charge on any atom is -0.351 e. The van der Waals surface area contributed by atoms with Gasteiger partial charge in [-0.1, -0.05) is 6.92 Å². The van der Waals surface area contributed by atoms with Crippen LogP contribution in [-0.2, 0) is 0 Å². The molecule has 2 aliphatic rings. The van der Waals surface area contributed by atoms with E-state index in [9.17, 15) is 4.79 Å². The average Bonchev–Trinajstić information content (AvgIpc) is 3.14. The summed E-state index contributed by atoms with van der Waals surface area (Å²) in [6.07, 6.45) is 9.07. The molecule has 3 heterocycles. The molecule has 6 heteroatoms. The first-order chi connectivity index (χ1) is 12.2. The molecule has 2 saturated heterocycles. The van der Waals surface area contributed by atoms with Crippen molar-refractivity contribution in [3.63, 3.8) is 0 Å². The number of nitrogens with zero attached hydrogens (tertiary/aromatic N) is 3. The van der Waals surface area contributed by atoms with Crippen molar-refractivity contribution in [2.45, 2.75) is 51.5 Å². The zero-order valence-electron chi connectivity index (χ0n) is 15.5. The van der Waals surface area contributed by atoms with Gasteiger partial charge in [-0.05, 0) is 76.7 Å². The maximum absolute atomic E-state index is 12.2. The Hall–Kier alpha value is -1.40. The largest absolute Gasteiger partial charge is 0.351 e. The molecule has 2 aliphatic heterocycles. The van der Waals surface area contributed by atoms with Gasteiger partial charge in [-0.2, -0.15) is 5.10 Å². The van der Waals surface area contributed by atoms with Gasteiger partial charge in [0.25, 0.3) is 5.91 Å². The third-order valence-electron chi connectivity index (χ3n) is 5.55. The third kappa shape index (κ3) is 5.54. The number of hydrogen-bond donors (Lipinski definition) is 2. The highest BCUT2D eigenvalue weighted by atomic mass is 16.1. The minimum absolute atomic E-state index is 0.0469. The lowest BCUT2D eigenvalue weighted by atomic mass is 9.99. The summed E-state index contributed by atoms with van der Waals surface area (Å²) in [7, 11) is 0. The van der Waals surface area contributed by atoms with E-state index in [1.165, 1.54) is 32.4 Å². The van der Waals surface area contributed by atoms with Crippen LogP contribution in [0.3, 0.4) is 0 Å².